The van der Waals surface area contributed by atoms with Gasteiger partial charge in [0, 0.05) is 32.2 Å². The molecule has 21 heavy (non-hydrogen) atoms. The Balaban J connectivity index is 0.00000200. The third kappa shape index (κ3) is 5.59. The number of aryl methyl sites for hydroxylation is 1. The number of halogens is 3. The Morgan fingerprint density at radius 1 is 1.33 bits per heavy atom. The van der Waals surface area contributed by atoms with Gasteiger partial charge in [0.2, 0.25) is 0 Å². The van der Waals surface area contributed by atoms with Crippen LogP contribution in [0.1, 0.15) is 30.0 Å². The minimum Gasteiger partial charge on any atom is -0.314 e. The molecule has 0 bridgehead atoms. The van der Waals surface area contributed by atoms with E-state index in [1.165, 1.54) is 5.56 Å². The first kappa shape index (κ1) is 20.4. The molecule has 1 aromatic rings. The lowest BCUT2D eigenvalue weighted by molar-refractivity contribution is 0.166. The van der Waals surface area contributed by atoms with Crippen LogP contribution in [0.3, 0.4) is 0 Å². The van der Waals surface area contributed by atoms with Gasteiger partial charge in [-0.1, -0.05) is 18.2 Å². The highest BCUT2D eigenvalue weighted by atomic mass is 35.5. The summed E-state index contributed by atoms with van der Waals surface area (Å²) in [5.41, 5.74) is 1.96. The van der Waals surface area contributed by atoms with Crippen LogP contribution in [0.25, 0.3) is 0 Å². The van der Waals surface area contributed by atoms with Crippen molar-refractivity contribution in [3.05, 3.63) is 47.8 Å². The molecule has 1 fully saturated rings. The highest BCUT2D eigenvalue weighted by Gasteiger charge is 2.21. The SMILES string of the molecule is C=CCC[C@@H](c1ccc(F)c(C)c1)N1CCNCC1.Cl.Cl. The van der Waals surface area contributed by atoms with E-state index in [9.17, 15) is 4.39 Å². The van der Waals surface area contributed by atoms with Crippen molar-refractivity contribution in [2.24, 2.45) is 0 Å². The molecule has 1 aliphatic rings. The van der Waals surface area contributed by atoms with E-state index < -0.39 is 0 Å². The van der Waals surface area contributed by atoms with Gasteiger partial charge < -0.3 is 5.32 Å². The maximum atomic E-state index is 13.4. The number of rotatable bonds is 5. The van der Waals surface area contributed by atoms with Crippen molar-refractivity contribution in [3.63, 3.8) is 0 Å². The summed E-state index contributed by atoms with van der Waals surface area (Å²) in [6.45, 7) is 9.82. The highest BCUT2D eigenvalue weighted by Crippen LogP contribution is 2.27. The van der Waals surface area contributed by atoms with Crippen LogP contribution < -0.4 is 5.32 Å². The van der Waals surface area contributed by atoms with Crippen LogP contribution in [-0.4, -0.2) is 31.1 Å². The van der Waals surface area contributed by atoms with E-state index in [0.29, 0.717) is 6.04 Å². The van der Waals surface area contributed by atoms with Crippen LogP contribution in [0.2, 0.25) is 0 Å². The number of allylic oxidation sites excluding steroid dienone is 1. The number of benzene rings is 1. The van der Waals surface area contributed by atoms with Gasteiger partial charge in [0.15, 0.2) is 0 Å². The third-order valence-corrected chi connectivity index (χ3v) is 3.80. The first-order valence-corrected chi connectivity index (χ1v) is 7.04. The molecule has 0 unspecified atom stereocenters. The predicted octanol–water partition coefficient (Wildman–Crippen LogP) is 3.89. The van der Waals surface area contributed by atoms with E-state index in [1.807, 2.05) is 25.1 Å². The van der Waals surface area contributed by atoms with E-state index in [1.54, 1.807) is 6.07 Å². The molecule has 2 rings (SSSR count). The molecule has 1 aliphatic heterocycles. The maximum absolute atomic E-state index is 13.4. The van der Waals surface area contributed by atoms with Gasteiger partial charge >= 0.3 is 0 Å². The summed E-state index contributed by atoms with van der Waals surface area (Å²) >= 11 is 0. The largest absolute Gasteiger partial charge is 0.314 e. The summed E-state index contributed by atoms with van der Waals surface area (Å²) in [7, 11) is 0. The monoisotopic (exact) mass is 334 g/mol. The first-order valence-electron chi connectivity index (χ1n) is 7.04. The Labute approximate surface area is 139 Å². The molecule has 1 N–H and O–H groups in total. The fraction of sp³-hybridized carbons (Fsp3) is 0.500. The number of nitrogens with zero attached hydrogens (tertiary/aromatic N) is 1. The molecule has 1 heterocycles. The van der Waals surface area contributed by atoms with Gasteiger partial charge in [-0.15, -0.1) is 31.4 Å². The van der Waals surface area contributed by atoms with Gasteiger partial charge in [0.25, 0.3) is 0 Å². The molecule has 1 aromatic carbocycles. The van der Waals surface area contributed by atoms with Crippen molar-refractivity contribution in [2.45, 2.75) is 25.8 Å². The summed E-state index contributed by atoms with van der Waals surface area (Å²) in [5, 5.41) is 3.38. The standard InChI is InChI=1S/C16H23FN2.2ClH/c1-3-4-5-16(19-10-8-18-9-11-19)14-6-7-15(17)13(2)12-14;;/h3,6-7,12,16,18H,1,4-5,8-11H2,2H3;2*1H/t16-;;/m0../s1. The van der Waals surface area contributed by atoms with Crippen molar-refractivity contribution < 1.29 is 4.39 Å². The Bertz CT molecular complexity index is 434. The summed E-state index contributed by atoms with van der Waals surface area (Å²) in [4.78, 5) is 2.49. The lowest BCUT2D eigenvalue weighted by Gasteiger charge is -2.35. The van der Waals surface area contributed by atoms with Crippen molar-refractivity contribution in [1.82, 2.24) is 10.2 Å². The molecule has 1 saturated heterocycles. The quantitative estimate of drug-likeness (QED) is 0.822. The van der Waals surface area contributed by atoms with Crippen LogP contribution in [0.4, 0.5) is 4.39 Å². The molecule has 0 amide bonds. The summed E-state index contributed by atoms with van der Waals surface area (Å²) < 4.78 is 13.4. The lowest BCUT2D eigenvalue weighted by atomic mass is 9.97. The fourth-order valence-corrected chi connectivity index (χ4v) is 2.70. The molecule has 5 heteroatoms. The molecule has 2 nitrogen and oxygen atoms in total. The van der Waals surface area contributed by atoms with Crippen LogP contribution in [-0.2, 0) is 0 Å². The third-order valence-electron chi connectivity index (χ3n) is 3.80. The lowest BCUT2D eigenvalue weighted by Crippen LogP contribution is -2.45. The zero-order valence-corrected chi connectivity index (χ0v) is 14.1. The second-order valence-corrected chi connectivity index (χ2v) is 5.18. The number of hydrogen-bond acceptors (Lipinski definition) is 2. The van der Waals surface area contributed by atoms with Gasteiger partial charge in [0.05, 0.1) is 0 Å². The molecule has 0 aliphatic carbocycles. The van der Waals surface area contributed by atoms with Crippen LogP contribution in [0.5, 0.6) is 0 Å². The summed E-state index contributed by atoms with van der Waals surface area (Å²) in [5.74, 6) is -0.119. The number of piperazine rings is 1. The summed E-state index contributed by atoms with van der Waals surface area (Å²) in [6, 6.07) is 5.89. The van der Waals surface area contributed by atoms with Crippen molar-refractivity contribution in [2.75, 3.05) is 26.2 Å². The molecule has 0 saturated carbocycles. The zero-order chi connectivity index (χ0) is 13.7. The van der Waals surface area contributed by atoms with E-state index in [-0.39, 0.29) is 30.6 Å². The Kier molecular flexibility index (Phi) is 9.88. The second kappa shape index (κ2) is 10.2. The maximum Gasteiger partial charge on any atom is 0.126 e. The average molecular weight is 335 g/mol. The fourth-order valence-electron chi connectivity index (χ4n) is 2.70. The molecular weight excluding hydrogens is 310 g/mol. The molecule has 1 atom stereocenters. The Morgan fingerprint density at radius 2 is 2.00 bits per heavy atom. The van der Waals surface area contributed by atoms with Gasteiger partial charge in [-0.3, -0.25) is 4.90 Å². The topological polar surface area (TPSA) is 15.3 Å². The van der Waals surface area contributed by atoms with Crippen molar-refractivity contribution in [1.29, 1.82) is 0 Å². The second-order valence-electron chi connectivity index (χ2n) is 5.18. The van der Waals surface area contributed by atoms with Gasteiger partial charge in [-0.25, -0.2) is 4.39 Å². The Morgan fingerprint density at radius 3 is 2.57 bits per heavy atom. The normalized spacial score (nSPS) is 16.5. The zero-order valence-electron chi connectivity index (χ0n) is 12.5. The van der Waals surface area contributed by atoms with Crippen LogP contribution >= 0.6 is 24.8 Å². The molecule has 0 aromatic heterocycles. The van der Waals surface area contributed by atoms with E-state index >= 15 is 0 Å². The smallest absolute Gasteiger partial charge is 0.126 e. The van der Waals surface area contributed by atoms with Crippen molar-refractivity contribution in [3.8, 4) is 0 Å². The Hall–Kier alpha value is -0.610. The van der Waals surface area contributed by atoms with Crippen LogP contribution in [0, 0.1) is 12.7 Å². The molecule has 120 valence electrons. The first-order chi connectivity index (χ1) is 9.22. The molecular formula is C16H25Cl2FN2. The van der Waals surface area contributed by atoms with E-state index in [0.717, 1.165) is 44.6 Å². The van der Waals surface area contributed by atoms with Gasteiger partial charge in [-0.05, 0) is 37.0 Å². The highest BCUT2D eigenvalue weighted by molar-refractivity contribution is 5.85. The predicted molar refractivity (Wildman–Crippen MR) is 92.2 cm³/mol. The molecule has 0 radical (unpaired) electrons. The summed E-state index contributed by atoms with van der Waals surface area (Å²) in [6.07, 6.45) is 4.01. The van der Waals surface area contributed by atoms with E-state index in [4.69, 9.17) is 0 Å². The van der Waals surface area contributed by atoms with Gasteiger partial charge in [0.1, 0.15) is 5.82 Å². The average Bonchev–Trinajstić information content (AvgIpc) is 2.44. The number of hydrogen-bond donors (Lipinski definition) is 1. The van der Waals surface area contributed by atoms with Crippen LogP contribution in [0.15, 0.2) is 30.9 Å². The minimum absolute atomic E-state index is 0. The van der Waals surface area contributed by atoms with Gasteiger partial charge in [-0.2, -0.15) is 0 Å². The molecule has 0 spiro atoms. The number of nitrogens with one attached hydrogen (secondary N) is 1. The van der Waals surface area contributed by atoms with E-state index in [2.05, 4.69) is 16.8 Å². The minimum atomic E-state index is -0.119. The van der Waals surface area contributed by atoms with Crippen molar-refractivity contribution >= 4 is 24.8 Å².